The van der Waals surface area contributed by atoms with Crippen molar-refractivity contribution in [1.29, 1.82) is 0 Å². The minimum Gasteiger partial charge on any atom is -0.481 e. The van der Waals surface area contributed by atoms with Crippen molar-refractivity contribution in [3.63, 3.8) is 0 Å². The van der Waals surface area contributed by atoms with Gasteiger partial charge in [0.1, 0.15) is 0 Å². The van der Waals surface area contributed by atoms with E-state index in [1.54, 1.807) is 25.1 Å². The van der Waals surface area contributed by atoms with Crippen LogP contribution in [0.4, 0.5) is 18.9 Å². The van der Waals surface area contributed by atoms with Gasteiger partial charge in [-0.25, -0.2) is 0 Å². The molecule has 0 bridgehead atoms. The maximum Gasteiger partial charge on any atom is 0.398 e. The molecule has 0 heterocycles. The molecule has 0 saturated heterocycles. The number of aryl methyl sites for hydroxylation is 1. The molecule has 2 rings (SSSR count). The van der Waals surface area contributed by atoms with E-state index in [0.29, 0.717) is 48.0 Å². The lowest BCUT2D eigenvalue weighted by Gasteiger charge is -2.25. The minimum atomic E-state index is -4.29. The van der Waals surface area contributed by atoms with Gasteiger partial charge in [-0.2, -0.15) is 13.2 Å². The predicted molar refractivity (Wildman–Crippen MR) is 89.7 cm³/mol. The van der Waals surface area contributed by atoms with Crippen molar-refractivity contribution in [2.24, 2.45) is 11.8 Å². The van der Waals surface area contributed by atoms with E-state index in [2.05, 4.69) is 5.32 Å². The van der Waals surface area contributed by atoms with Crippen molar-refractivity contribution >= 4 is 29.3 Å². The summed E-state index contributed by atoms with van der Waals surface area (Å²) >= 11 is 0.638. The van der Waals surface area contributed by atoms with Gasteiger partial charge in [-0.1, -0.05) is 6.07 Å². The third-order valence-electron chi connectivity index (χ3n) is 4.23. The van der Waals surface area contributed by atoms with Gasteiger partial charge >= 0.3 is 12.1 Å². The molecule has 0 aliphatic heterocycles. The van der Waals surface area contributed by atoms with Crippen LogP contribution in [-0.4, -0.2) is 28.9 Å². The second-order valence-electron chi connectivity index (χ2n) is 6.28. The Balaban J connectivity index is 2.02. The highest BCUT2D eigenvalue weighted by Gasteiger charge is 2.31. The molecule has 138 valence electrons. The monoisotopic (exact) mass is 375 g/mol. The number of carboxylic acid groups (broad SMARTS) is 1. The summed E-state index contributed by atoms with van der Waals surface area (Å²) in [5.41, 5.74) is 1.21. The molecule has 25 heavy (non-hydrogen) atoms. The molecule has 1 aromatic carbocycles. The quantitative estimate of drug-likeness (QED) is 0.745. The maximum atomic E-state index is 12.5. The molecule has 1 aliphatic rings. The zero-order valence-corrected chi connectivity index (χ0v) is 14.5. The first kappa shape index (κ1) is 19.6. The molecule has 1 aliphatic carbocycles. The van der Waals surface area contributed by atoms with Crippen LogP contribution in [-0.2, 0) is 9.59 Å². The fourth-order valence-electron chi connectivity index (χ4n) is 2.86. The number of carboxylic acids is 1. The number of rotatable bonds is 5. The summed E-state index contributed by atoms with van der Waals surface area (Å²) in [6.45, 7) is 1.80. The van der Waals surface area contributed by atoms with Crippen LogP contribution in [0.3, 0.4) is 0 Å². The normalized spacial score (nSPS) is 21.0. The lowest BCUT2D eigenvalue weighted by Crippen LogP contribution is -2.29. The zero-order chi connectivity index (χ0) is 18.6. The number of anilines is 1. The average molecular weight is 375 g/mol. The fraction of sp³-hybridized carbons (Fsp3) is 0.529. The number of hydrogen-bond donors (Lipinski definition) is 2. The molecule has 1 fully saturated rings. The van der Waals surface area contributed by atoms with Gasteiger partial charge < -0.3 is 10.4 Å². The van der Waals surface area contributed by atoms with Crippen molar-refractivity contribution in [2.45, 2.75) is 43.7 Å². The van der Waals surface area contributed by atoms with Crippen LogP contribution in [0.2, 0.25) is 0 Å². The second kappa shape index (κ2) is 8.12. The van der Waals surface area contributed by atoms with Gasteiger partial charge in [0, 0.05) is 10.8 Å². The van der Waals surface area contributed by atoms with Gasteiger partial charge in [-0.05, 0) is 50.3 Å². The Morgan fingerprint density at radius 1 is 1.20 bits per heavy atom. The van der Waals surface area contributed by atoms with Crippen molar-refractivity contribution in [2.75, 3.05) is 11.1 Å². The van der Waals surface area contributed by atoms with E-state index in [9.17, 15) is 22.8 Å². The Hall–Kier alpha value is -1.70. The number of halogens is 3. The summed E-state index contributed by atoms with van der Waals surface area (Å²) in [7, 11) is 0. The van der Waals surface area contributed by atoms with E-state index < -0.39 is 23.8 Å². The molecule has 1 amide bonds. The van der Waals surface area contributed by atoms with Crippen LogP contribution in [0.5, 0.6) is 0 Å². The summed E-state index contributed by atoms with van der Waals surface area (Å²) in [5, 5.41) is 11.7. The third-order valence-corrected chi connectivity index (χ3v) is 5.37. The Labute approximate surface area is 148 Å². The van der Waals surface area contributed by atoms with E-state index in [-0.39, 0.29) is 11.8 Å². The van der Waals surface area contributed by atoms with Crippen molar-refractivity contribution in [3.05, 3.63) is 23.8 Å². The van der Waals surface area contributed by atoms with Gasteiger partial charge in [0.25, 0.3) is 0 Å². The molecule has 4 nitrogen and oxygen atoms in total. The standard InChI is InChI=1S/C17H20F3NO3S/c1-10-2-7-14(25-9-17(18,19)20)13(8-10)21-15(22)11-3-5-12(6-4-11)16(23)24/h2,7-8,11-12H,3-6,9H2,1H3,(H,21,22)(H,23,24). The SMILES string of the molecule is Cc1ccc(SCC(F)(F)F)c(NC(=O)C2CCC(C(=O)O)CC2)c1. The molecule has 1 saturated carbocycles. The van der Waals surface area contributed by atoms with E-state index in [4.69, 9.17) is 5.11 Å². The van der Waals surface area contributed by atoms with Crippen LogP contribution in [0.25, 0.3) is 0 Å². The van der Waals surface area contributed by atoms with Crippen LogP contribution in [0.1, 0.15) is 31.2 Å². The van der Waals surface area contributed by atoms with Crippen LogP contribution < -0.4 is 5.32 Å². The number of thioether (sulfide) groups is 1. The maximum absolute atomic E-state index is 12.5. The first-order valence-corrected chi connectivity index (χ1v) is 8.98. The highest BCUT2D eigenvalue weighted by molar-refractivity contribution is 7.99. The van der Waals surface area contributed by atoms with E-state index in [0.717, 1.165) is 5.56 Å². The fourth-order valence-corrected chi connectivity index (χ4v) is 3.61. The topological polar surface area (TPSA) is 66.4 Å². The highest BCUT2D eigenvalue weighted by atomic mass is 32.2. The highest BCUT2D eigenvalue weighted by Crippen LogP contribution is 2.34. The number of aliphatic carboxylic acids is 1. The molecule has 1 aromatic rings. The molecule has 8 heteroatoms. The first-order chi connectivity index (χ1) is 11.7. The lowest BCUT2D eigenvalue weighted by atomic mass is 9.81. The number of nitrogens with one attached hydrogen (secondary N) is 1. The number of carbonyl (C=O) groups excluding carboxylic acids is 1. The van der Waals surface area contributed by atoms with E-state index in [1.807, 2.05) is 0 Å². The number of alkyl halides is 3. The Morgan fingerprint density at radius 3 is 2.36 bits per heavy atom. The van der Waals surface area contributed by atoms with Gasteiger partial charge in [0.15, 0.2) is 0 Å². The zero-order valence-electron chi connectivity index (χ0n) is 13.7. The second-order valence-corrected chi connectivity index (χ2v) is 7.30. The first-order valence-electron chi connectivity index (χ1n) is 7.99. The molecule has 2 N–H and O–H groups in total. The molecule has 0 aromatic heterocycles. The van der Waals surface area contributed by atoms with Gasteiger partial charge in [-0.15, -0.1) is 11.8 Å². The molecule has 0 spiro atoms. The molecule has 0 unspecified atom stereocenters. The Kier molecular flexibility index (Phi) is 6.37. The molecular formula is C17H20F3NO3S. The molecule has 0 atom stereocenters. The van der Waals surface area contributed by atoms with E-state index >= 15 is 0 Å². The van der Waals surface area contributed by atoms with Crippen molar-refractivity contribution in [1.82, 2.24) is 0 Å². The van der Waals surface area contributed by atoms with E-state index in [1.165, 1.54) is 0 Å². The number of hydrogen-bond acceptors (Lipinski definition) is 3. The summed E-state index contributed by atoms with van der Waals surface area (Å²) in [5.74, 6) is -2.85. The predicted octanol–water partition coefficient (Wildman–Crippen LogP) is 4.48. The number of amides is 1. The van der Waals surface area contributed by atoms with Crippen LogP contribution in [0.15, 0.2) is 23.1 Å². The van der Waals surface area contributed by atoms with Crippen molar-refractivity contribution < 1.29 is 27.9 Å². The Morgan fingerprint density at radius 2 is 1.80 bits per heavy atom. The van der Waals surface area contributed by atoms with Crippen molar-refractivity contribution in [3.8, 4) is 0 Å². The molecular weight excluding hydrogens is 355 g/mol. The average Bonchev–Trinajstić information content (AvgIpc) is 2.53. The Bertz CT molecular complexity index is 641. The third kappa shape index (κ3) is 5.95. The summed E-state index contributed by atoms with van der Waals surface area (Å²) in [6.07, 6.45) is -2.46. The summed E-state index contributed by atoms with van der Waals surface area (Å²) < 4.78 is 37.4. The lowest BCUT2D eigenvalue weighted by molar-refractivity contribution is -0.143. The largest absolute Gasteiger partial charge is 0.481 e. The summed E-state index contributed by atoms with van der Waals surface area (Å²) in [4.78, 5) is 23.8. The smallest absolute Gasteiger partial charge is 0.398 e. The number of carbonyl (C=O) groups is 2. The minimum absolute atomic E-state index is 0.261. The van der Waals surface area contributed by atoms with Gasteiger partial charge in [0.2, 0.25) is 5.91 Å². The van der Waals surface area contributed by atoms with Crippen LogP contribution in [0, 0.1) is 18.8 Å². The summed E-state index contributed by atoms with van der Waals surface area (Å²) in [6, 6.07) is 4.93. The molecule has 0 radical (unpaired) electrons. The van der Waals surface area contributed by atoms with Crippen LogP contribution >= 0.6 is 11.8 Å². The van der Waals surface area contributed by atoms with Gasteiger partial charge in [0.05, 0.1) is 17.4 Å². The van der Waals surface area contributed by atoms with Gasteiger partial charge in [-0.3, -0.25) is 9.59 Å². The number of benzene rings is 1.